The topological polar surface area (TPSA) is 29.3 Å². The van der Waals surface area contributed by atoms with Crippen molar-refractivity contribution in [1.82, 2.24) is 4.90 Å². The molecule has 0 radical (unpaired) electrons. The highest BCUT2D eigenvalue weighted by molar-refractivity contribution is 4.90. The fraction of sp³-hybridized carbons (Fsp3) is 1.00. The van der Waals surface area contributed by atoms with Gasteiger partial charge in [0.15, 0.2) is 0 Å². The highest BCUT2D eigenvalue weighted by Crippen LogP contribution is 2.31. The number of rotatable bonds is 3. The van der Waals surface area contributed by atoms with Gasteiger partial charge in [-0.25, -0.2) is 0 Å². The molecule has 0 amide bonds. The molecule has 1 aliphatic heterocycles. The number of hydrogen-bond donors (Lipinski definition) is 1. The van der Waals surface area contributed by atoms with Gasteiger partial charge >= 0.3 is 0 Å². The lowest BCUT2D eigenvalue weighted by molar-refractivity contribution is 0.272. The fourth-order valence-corrected chi connectivity index (χ4v) is 3.14. The Labute approximate surface area is 94.2 Å². The number of hydrogen-bond acceptors (Lipinski definition) is 2. The van der Waals surface area contributed by atoms with Gasteiger partial charge < -0.3 is 10.6 Å². The van der Waals surface area contributed by atoms with Crippen LogP contribution in [0.1, 0.15) is 46.0 Å². The number of likely N-dealkylation sites (tertiary alicyclic amines) is 1. The van der Waals surface area contributed by atoms with E-state index >= 15 is 0 Å². The molecule has 2 atom stereocenters. The molecule has 1 saturated carbocycles. The Bertz CT molecular complexity index is 199. The zero-order valence-electron chi connectivity index (χ0n) is 10.3. The molecule has 2 rings (SSSR count). The zero-order chi connectivity index (χ0) is 10.9. The molecule has 1 heterocycles. The Kier molecular flexibility index (Phi) is 3.36. The van der Waals surface area contributed by atoms with Crippen LogP contribution in [0.3, 0.4) is 0 Å². The molecule has 15 heavy (non-hydrogen) atoms. The molecule has 2 fully saturated rings. The van der Waals surface area contributed by atoms with E-state index in [-0.39, 0.29) is 5.54 Å². The zero-order valence-corrected chi connectivity index (χ0v) is 10.3. The number of nitrogens with two attached hydrogens (primary N) is 1. The first kappa shape index (κ1) is 11.4. The second-order valence-electron chi connectivity index (χ2n) is 6.03. The van der Waals surface area contributed by atoms with Gasteiger partial charge in [0.05, 0.1) is 0 Å². The standard InChI is InChI=1S/C13H26N2/c1-11-9-15(10-12(11)2)8-7-13(14)5-3-4-6-13/h11-12H,3-10,14H2,1-2H3. The third-order valence-corrected chi connectivity index (χ3v) is 4.59. The lowest BCUT2D eigenvalue weighted by Gasteiger charge is -2.26. The first-order valence-electron chi connectivity index (χ1n) is 6.60. The van der Waals surface area contributed by atoms with E-state index < -0.39 is 0 Å². The van der Waals surface area contributed by atoms with E-state index in [0.29, 0.717) is 0 Å². The van der Waals surface area contributed by atoms with Gasteiger partial charge in [-0.3, -0.25) is 0 Å². The van der Waals surface area contributed by atoms with Crippen molar-refractivity contribution in [2.75, 3.05) is 19.6 Å². The average Bonchev–Trinajstić information content (AvgIpc) is 2.73. The number of nitrogens with zero attached hydrogens (tertiary/aromatic N) is 1. The van der Waals surface area contributed by atoms with E-state index in [4.69, 9.17) is 5.73 Å². The third-order valence-electron chi connectivity index (χ3n) is 4.59. The molecule has 2 nitrogen and oxygen atoms in total. The molecule has 88 valence electrons. The summed E-state index contributed by atoms with van der Waals surface area (Å²) in [5.74, 6) is 1.75. The smallest absolute Gasteiger partial charge is 0.0166 e. The van der Waals surface area contributed by atoms with Crippen LogP contribution >= 0.6 is 0 Å². The van der Waals surface area contributed by atoms with Crippen molar-refractivity contribution in [3.8, 4) is 0 Å². The van der Waals surface area contributed by atoms with Crippen LogP contribution < -0.4 is 5.73 Å². The van der Waals surface area contributed by atoms with Gasteiger partial charge in [0.2, 0.25) is 0 Å². The predicted octanol–water partition coefficient (Wildman–Crippen LogP) is 2.24. The maximum atomic E-state index is 6.38. The summed E-state index contributed by atoms with van der Waals surface area (Å²) in [7, 11) is 0. The monoisotopic (exact) mass is 210 g/mol. The van der Waals surface area contributed by atoms with E-state index in [9.17, 15) is 0 Å². The molecule has 1 saturated heterocycles. The Morgan fingerprint density at radius 2 is 1.67 bits per heavy atom. The highest BCUT2D eigenvalue weighted by Gasteiger charge is 2.31. The quantitative estimate of drug-likeness (QED) is 0.774. The maximum absolute atomic E-state index is 6.38. The summed E-state index contributed by atoms with van der Waals surface area (Å²) >= 11 is 0. The van der Waals surface area contributed by atoms with E-state index in [1.54, 1.807) is 0 Å². The SMILES string of the molecule is CC1CN(CCC2(N)CCCC2)CC1C. The molecule has 0 bridgehead atoms. The minimum absolute atomic E-state index is 0.190. The summed E-state index contributed by atoms with van der Waals surface area (Å²) in [6, 6.07) is 0. The summed E-state index contributed by atoms with van der Waals surface area (Å²) in [5, 5.41) is 0. The molecule has 0 aromatic rings. The Hall–Kier alpha value is -0.0800. The van der Waals surface area contributed by atoms with Crippen LogP contribution in [0.25, 0.3) is 0 Å². The van der Waals surface area contributed by atoms with Crippen LogP contribution in [-0.2, 0) is 0 Å². The van der Waals surface area contributed by atoms with Gasteiger partial charge in [-0.05, 0) is 37.6 Å². The van der Waals surface area contributed by atoms with Crippen molar-refractivity contribution in [3.05, 3.63) is 0 Å². The Morgan fingerprint density at radius 1 is 1.13 bits per heavy atom. The van der Waals surface area contributed by atoms with Crippen molar-refractivity contribution >= 4 is 0 Å². The molecular weight excluding hydrogens is 184 g/mol. The highest BCUT2D eigenvalue weighted by atomic mass is 15.2. The minimum atomic E-state index is 0.190. The van der Waals surface area contributed by atoms with Gasteiger partial charge in [-0.2, -0.15) is 0 Å². The van der Waals surface area contributed by atoms with Crippen molar-refractivity contribution in [3.63, 3.8) is 0 Å². The second kappa shape index (κ2) is 4.42. The summed E-state index contributed by atoms with van der Waals surface area (Å²) < 4.78 is 0. The molecule has 0 spiro atoms. The van der Waals surface area contributed by atoms with Gasteiger partial charge in [0.1, 0.15) is 0 Å². The second-order valence-corrected chi connectivity index (χ2v) is 6.03. The van der Waals surface area contributed by atoms with Crippen LogP contribution in [0.15, 0.2) is 0 Å². The first-order chi connectivity index (χ1) is 7.09. The first-order valence-corrected chi connectivity index (χ1v) is 6.60. The molecule has 2 N–H and O–H groups in total. The molecular formula is C13H26N2. The van der Waals surface area contributed by atoms with Crippen LogP contribution in [0, 0.1) is 11.8 Å². The van der Waals surface area contributed by atoms with E-state index in [0.717, 1.165) is 11.8 Å². The molecule has 2 heteroatoms. The van der Waals surface area contributed by atoms with Crippen molar-refractivity contribution < 1.29 is 0 Å². The summed E-state index contributed by atoms with van der Waals surface area (Å²) in [6.45, 7) is 8.55. The van der Waals surface area contributed by atoms with Gasteiger partial charge in [0, 0.05) is 18.6 Å². The largest absolute Gasteiger partial charge is 0.325 e. The maximum Gasteiger partial charge on any atom is 0.0166 e. The fourth-order valence-electron chi connectivity index (χ4n) is 3.14. The molecule has 2 unspecified atom stereocenters. The van der Waals surface area contributed by atoms with Gasteiger partial charge in [-0.15, -0.1) is 0 Å². The van der Waals surface area contributed by atoms with Crippen molar-refractivity contribution in [2.45, 2.75) is 51.5 Å². The lowest BCUT2D eigenvalue weighted by atomic mass is 9.94. The van der Waals surface area contributed by atoms with E-state index in [1.165, 1.54) is 51.7 Å². The average molecular weight is 210 g/mol. The van der Waals surface area contributed by atoms with Crippen molar-refractivity contribution in [1.29, 1.82) is 0 Å². The van der Waals surface area contributed by atoms with Crippen LogP contribution in [0.4, 0.5) is 0 Å². The summed E-state index contributed by atoms with van der Waals surface area (Å²) in [4.78, 5) is 2.61. The normalized spacial score (nSPS) is 36.2. The van der Waals surface area contributed by atoms with Crippen LogP contribution in [0.5, 0.6) is 0 Å². The Morgan fingerprint density at radius 3 is 2.20 bits per heavy atom. The van der Waals surface area contributed by atoms with Gasteiger partial charge in [-0.1, -0.05) is 26.7 Å². The minimum Gasteiger partial charge on any atom is -0.325 e. The van der Waals surface area contributed by atoms with Gasteiger partial charge in [0.25, 0.3) is 0 Å². The van der Waals surface area contributed by atoms with Crippen LogP contribution in [0.2, 0.25) is 0 Å². The predicted molar refractivity (Wildman–Crippen MR) is 64.8 cm³/mol. The molecule has 2 aliphatic rings. The molecule has 0 aromatic heterocycles. The molecule has 1 aliphatic carbocycles. The summed E-state index contributed by atoms with van der Waals surface area (Å²) in [6.07, 6.45) is 6.43. The van der Waals surface area contributed by atoms with E-state index in [1.807, 2.05) is 0 Å². The lowest BCUT2D eigenvalue weighted by Crippen LogP contribution is -2.40. The van der Waals surface area contributed by atoms with E-state index in [2.05, 4.69) is 18.7 Å². The molecule has 0 aromatic carbocycles. The van der Waals surface area contributed by atoms with Crippen LogP contribution in [-0.4, -0.2) is 30.1 Å². The van der Waals surface area contributed by atoms with Crippen molar-refractivity contribution in [2.24, 2.45) is 17.6 Å². The third kappa shape index (κ3) is 2.73. The summed E-state index contributed by atoms with van der Waals surface area (Å²) in [5.41, 5.74) is 6.57. The Balaban J connectivity index is 1.74.